The van der Waals surface area contributed by atoms with Crippen LogP contribution < -0.4 is 11.4 Å². The van der Waals surface area contributed by atoms with Gasteiger partial charge < -0.3 is 10.7 Å². The number of H-pyrrole nitrogens is 1. The second-order valence-corrected chi connectivity index (χ2v) is 3.43. The Morgan fingerprint density at radius 2 is 2.07 bits per heavy atom. The van der Waals surface area contributed by atoms with Gasteiger partial charge in [0.1, 0.15) is 5.82 Å². The molecule has 1 aromatic heterocycles. The molecule has 3 N–H and O–H groups in total. The molecule has 72 valence electrons. The van der Waals surface area contributed by atoms with Crippen molar-refractivity contribution in [2.24, 2.45) is 0 Å². The zero-order valence-corrected chi connectivity index (χ0v) is 8.09. The molecule has 0 aliphatic rings. The molecular formula is C10H11N3O. The van der Waals surface area contributed by atoms with E-state index < -0.39 is 5.69 Å². The van der Waals surface area contributed by atoms with Gasteiger partial charge in [0, 0.05) is 5.39 Å². The summed E-state index contributed by atoms with van der Waals surface area (Å²) < 4.78 is 0. The Morgan fingerprint density at radius 3 is 2.79 bits per heavy atom. The summed E-state index contributed by atoms with van der Waals surface area (Å²) in [6, 6.07) is 3.92. The molecule has 0 saturated heterocycles. The van der Waals surface area contributed by atoms with Gasteiger partial charge in [-0.2, -0.15) is 4.98 Å². The molecule has 1 heterocycles. The van der Waals surface area contributed by atoms with Crippen molar-refractivity contribution in [3.8, 4) is 0 Å². The van der Waals surface area contributed by atoms with Crippen LogP contribution in [0.1, 0.15) is 11.1 Å². The Kier molecular flexibility index (Phi) is 1.77. The number of fused-ring (bicyclic) bond motifs is 1. The van der Waals surface area contributed by atoms with E-state index >= 15 is 0 Å². The summed E-state index contributed by atoms with van der Waals surface area (Å²) in [6.07, 6.45) is 0. The first-order valence-electron chi connectivity index (χ1n) is 4.34. The van der Waals surface area contributed by atoms with E-state index in [0.717, 1.165) is 22.0 Å². The molecule has 0 unspecified atom stereocenters. The molecule has 0 aliphatic carbocycles. The smallest absolute Gasteiger partial charge is 0.347 e. The first-order valence-corrected chi connectivity index (χ1v) is 4.34. The van der Waals surface area contributed by atoms with Crippen LogP contribution in [0.4, 0.5) is 5.82 Å². The lowest BCUT2D eigenvalue weighted by Crippen LogP contribution is -2.13. The highest BCUT2D eigenvalue weighted by Crippen LogP contribution is 2.20. The third-order valence-electron chi connectivity index (χ3n) is 2.21. The number of nitrogens with zero attached hydrogens (tertiary/aromatic N) is 1. The number of benzene rings is 1. The Bertz CT molecular complexity index is 557. The highest BCUT2D eigenvalue weighted by Gasteiger charge is 2.04. The van der Waals surface area contributed by atoms with Crippen LogP contribution >= 0.6 is 0 Å². The van der Waals surface area contributed by atoms with Gasteiger partial charge >= 0.3 is 5.69 Å². The van der Waals surface area contributed by atoms with Crippen molar-refractivity contribution in [3.05, 3.63) is 33.7 Å². The van der Waals surface area contributed by atoms with Gasteiger partial charge in [-0.1, -0.05) is 6.07 Å². The van der Waals surface area contributed by atoms with Gasteiger partial charge in [0.25, 0.3) is 0 Å². The largest absolute Gasteiger partial charge is 0.383 e. The molecule has 0 spiro atoms. The number of hydrogen-bond acceptors (Lipinski definition) is 3. The van der Waals surface area contributed by atoms with Crippen molar-refractivity contribution in [2.75, 3.05) is 5.73 Å². The van der Waals surface area contributed by atoms with Crippen molar-refractivity contribution in [3.63, 3.8) is 0 Å². The molecule has 0 amide bonds. The first kappa shape index (κ1) is 8.74. The normalized spacial score (nSPS) is 10.7. The van der Waals surface area contributed by atoms with Crippen LogP contribution in [-0.4, -0.2) is 9.97 Å². The average Bonchev–Trinajstić information content (AvgIpc) is 2.07. The Morgan fingerprint density at radius 1 is 1.36 bits per heavy atom. The van der Waals surface area contributed by atoms with Crippen molar-refractivity contribution >= 4 is 16.7 Å². The second kappa shape index (κ2) is 2.83. The minimum absolute atomic E-state index is 0.288. The highest BCUT2D eigenvalue weighted by atomic mass is 16.1. The fourth-order valence-electron chi connectivity index (χ4n) is 1.64. The standard InChI is InChI=1S/C10H11N3O/c1-5-3-6(2)8-7(4-5)9(11)13-10(14)12-8/h3-4H,1-2H3,(H3,11,12,13,14). The Hall–Kier alpha value is -1.84. The minimum atomic E-state index is -0.401. The highest BCUT2D eigenvalue weighted by molar-refractivity contribution is 5.90. The molecule has 2 aromatic rings. The lowest BCUT2D eigenvalue weighted by molar-refractivity contribution is 1.12. The molecule has 2 rings (SSSR count). The van der Waals surface area contributed by atoms with E-state index in [1.165, 1.54) is 0 Å². The molecule has 0 fully saturated rings. The quantitative estimate of drug-likeness (QED) is 0.652. The van der Waals surface area contributed by atoms with Gasteiger partial charge in [-0.15, -0.1) is 0 Å². The molecular weight excluding hydrogens is 178 g/mol. The molecule has 0 aliphatic heterocycles. The fourth-order valence-corrected chi connectivity index (χ4v) is 1.64. The third kappa shape index (κ3) is 1.25. The predicted octanol–water partition coefficient (Wildman–Crippen LogP) is 1.12. The van der Waals surface area contributed by atoms with E-state index in [-0.39, 0.29) is 5.82 Å². The number of aromatic nitrogens is 2. The van der Waals surface area contributed by atoms with Crippen molar-refractivity contribution in [1.29, 1.82) is 0 Å². The third-order valence-corrected chi connectivity index (χ3v) is 2.21. The van der Waals surface area contributed by atoms with E-state index in [1.807, 2.05) is 26.0 Å². The van der Waals surface area contributed by atoms with E-state index in [9.17, 15) is 4.79 Å². The molecule has 4 nitrogen and oxygen atoms in total. The van der Waals surface area contributed by atoms with Crippen LogP contribution in [0.3, 0.4) is 0 Å². The van der Waals surface area contributed by atoms with Crippen LogP contribution in [0.15, 0.2) is 16.9 Å². The number of aryl methyl sites for hydroxylation is 2. The first-order chi connectivity index (χ1) is 6.58. The molecule has 14 heavy (non-hydrogen) atoms. The van der Waals surface area contributed by atoms with Gasteiger partial charge in [-0.05, 0) is 31.0 Å². The lowest BCUT2D eigenvalue weighted by Gasteiger charge is -2.04. The van der Waals surface area contributed by atoms with Crippen molar-refractivity contribution in [2.45, 2.75) is 13.8 Å². The van der Waals surface area contributed by atoms with Crippen LogP contribution in [0.2, 0.25) is 0 Å². The summed E-state index contributed by atoms with van der Waals surface area (Å²) in [5, 5.41) is 0.808. The molecule has 0 saturated carbocycles. The molecule has 0 bridgehead atoms. The summed E-state index contributed by atoms with van der Waals surface area (Å²) in [5.41, 5.74) is 8.15. The maximum absolute atomic E-state index is 11.1. The van der Waals surface area contributed by atoms with Gasteiger partial charge in [-0.3, -0.25) is 0 Å². The van der Waals surface area contributed by atoms with E-state index in [2.05, 4.69) is 9.97 Å². The zero-order chi connectivity index (χ0) is 10.3. The Balaban J connectivity index is 3.01. The second-order valence-electron chi connectivity index (χ2n) is 3.43. The van der Waals surface area contributed by atoms with Crippen LogP contribution in [0, 0.1) is 13.8 Å². The number of nitrogens with one attached hydrogen (secondary N) is 1. The fraction of sp³-hybridized carbons (Fsp3) is 0.200. The monoisotopic (exact) mass is 189 g/mol. The van der Waals surface area contributed by atoms with Gasteiger partial charge in [0.2, 0.25) is 0 Å². The van der Waals surface area contributed by atoms with Crippen molar-refractivity contribution < 1.29 is 0 Å². The summed E-state index contributed by atoms with van der Waals surface area (Å²) in [5.74, 6) is 0.288. The summed E-state index contributed by atoms with van der Waals surface area (Å²) >= 11 is 0. The van der Waals surface area contributed by atoms with Gasteiger partial charge in [0.05, 0.1) is 5.52 Å². The average molecular weight is 189 g/mol. The Labute approximate surface area is 80.8 Å². The zero-order valence-electron chi connectivity index (χ0n) is 8.09. The molecule has 0 radical (unpaired) electrons. The number of nitrogens with two attached hydrogens (primary N) is 1. The van der Waals surface area contributed by atoms with Crippen LogP contribution in [0.5, 0.6) is 0 Å². The lowest BCUT2D eigenvalue weighted by atomic mass is 10.1. The summed E-state index contributed by atoms with van der Waals surface area (Å²) in [6.45, 7) is 3.92. The van der Waals surface area contributed by atoms with Gasteiger partial charge in [0.15, 0.2) is 0 Å². The van der Waals surface area contributed by atoms with Gasteiger partial charge in [-0.25, -0.2) is 4.79 Å². The molecule has 4 heteroatoms. The maximum Gasteiger partial charge on any atom is 0.347 e. The van der Waals surface area contributed by atoms with E-state index in [1.54, 1.807) is 0 Å². The van der Waals surface area contributed by atoms with E-state index in [4.69, 9.17) is 5.73 Å². The number of nitrogen functional groups attached to an aromatic ring is 1. The predicted molar refractivity (Wildman–Crippen MR) is 56.3 cm³/mol. The number of hydrogen-bond donors (Lipinski definition) is 2. The summed E-state index contributed by atoms with van der Waals surface area (Å²) in [7, 11) is 0. The minimum Gasteiger partial charge on any atom is -0.383 e. The molecule has 0 atom stereocenters. The number of rotatable bonds is 0. The van der Waals surface area contributed by atoms with E-state index in [0.29, 0.717) is 0 Å². The van der Waals surface area contributed by atoms with Crippen molar-refractivity contribution in [1.82, 2.24) is 9.97 Å². The summed E-state index contributed by atoms with van der Waals surface area (Å²) in [4.78, 5) is 17.4. The number of anilines is 1. The number of aromatic amines is 1. The maximum atomic E-state index is 11.1. The SMILES string of the molecule is Cc1cc(C)c2[nH]c(=O)nc(N)c2c1. The topological polar surface area (TPSA) is 71.8 Å². The van der Waals surface area contributed by atoms with Crippen LogP contribution in [0.25, 0.3) is 10.9 Å². The van der Waals surface area contributed by atoms with Crippen LogP contribution in [-0.2, 0) is 0 Å². The molecule has 1 aromatic carbocycles.